The van der Waals surface area contributed by atoms with Crippen LogP contribution in [0.5, 0.6) is 11.5 Å². The van der Waals surface area contributed by atoms with Crippen molar-refractivity contribution in [3.05, 3.63) is 65.4 Å². The van der Waals surface area contributed by atoms with Gasteiger partial charge in [-0.05, 0) is 41.8 Å². The molecule has 8 heteroatoms. The van der Waals surface area contributed by atoms with E-state index < -0.39 is 40.1 Å². The van der Waals surface area contributed by atoms with Crippen molar-refractivity contribution in [3.63, 3.8) is 0 Å². The molecule has 0 saturated carbocycles. The van der Waals surface area contributed by atoms with Gasteiger partial charge in [-0.15, -0.1) is 0 Å². The third kappa shape index (κ3) is 5.00. The standard InChI is InChI=1S/C21H21F2NO4S/c1-13-8-15(11-24(2)21(13)25)17-9-14(12-29(3,26)27)4-6-19(17)28-20-7-5-16(22)10-18(20)23/h4-7,9-11,13H,8,12H2,1-3H3/i1D3. The Balaban J connectivity index is 2.11. The molecule has 2 aromatic rings. The maximum Gasteiger partial charge on any atom is 0.229 e. The molecule has 0 aromatic heterocycles. The Labute approximate surface area is 172 Å². The monoisotopic (exact) mass is 424 g/mol. The highest BCUT2D eigenvalue weighted by Gasteiger charge is 2.26. The van der Waals surface area contributed by atoms with Gasteiger partial charge in [0.05, 0.1) is 5.75 Å². The van der Waals surface area contributed by atoms with Crippen LogP contribution in [0.3, 0.4) is 0 Å². The molecule has 1 aliphatic rings. The van der Waals surface area contributed by atoms with Crippen LogP contribution in [-0.4, -0.2) is 32.5 Å². The summed E-state index contributed by atoms with van der Waals surface area (Å²) in [5.41, 5.74) is 1.12. The predicted octanol–water partition coefficient (Wildman–Crippen LogP) is 4.14. The van der Waals surface area contributed by atoms with E-state index in [1.807, 2.05) is 0 Å². The van der Waals surface area contributed by atoms with Crippen molar-refractivity contribution in [2.45, 2.75) is 19.0 Å². The fourth-order valence-electron chi connectivity index (χ4n) is 3.07. The minimum Gasteiger partial charge on any atom is -0.454 e. The molecule has 154 valence electrons. The molecular weight excluding hydrogens is 400 g/mol. The van der Waals surface area contributed by atoms with E-state index in [-0.39, 0.29) is 23.7 Å². The molecule has 1 atom stereocenters. The summed E-state index contributed by atoms with van der Waals surface area (Å²) in [5.74, 6) is -4.05. The number of sulfone groups is 1. The Morgan fingerprint density at radius 2 is 1.93 bits per heavy atom. The molecule has 5 nitrogen and oxygen atoms in total. The van der Waals surface area contributed by atoms with Crippen molar-refractivity contribution in [2.75, 3.05) is 13.3 Å². The molecule has 0 aliphatic carbocycles. The van der Waals surface area contributed by atoms with E-state index in [9.17, 15) is 22.0 Å². The maximum atomic E-state index is 14.2. The number of carbonyl (C=O) groups excluding carboxylic acids is 1. The first-order valence-corrected chi connectivity index (χ1v) is 10.7. The summed E-state index contributed by atoms with van der Waals surface area (Å²) in [6, 6.07) is 7.21. The second-order valence-electron chi connectivity index (χ2n) is 6.94. The van der Waals surface area contributed by atoms with Crippen LogP contribution in [0.4, 0.5) is 8.78 Å². The molecule has 0 fully saturated rings. The Morgan fingerprint density at radius 3 is 2.59 bits per heavy atom. The molecule has 0 N–H and O–H groups in total. The first-order chi connectivity index (χ1) is 14.7. The van der Waals surface area contributed by atoms with Crippen LogP contribution < -0.4 is 4.74 Å². The molecule has 0 spiro atoms. The summed E-state index contributed by atoms with van der Waals surface area (Å²) in [7, 11) is -1.96. The molecule has 1 amide bonds. The second-order valence-corrected chi connectivity index (χ2v) is 9.08. The molecule has 0 saturated heterocycles. The van der Waals surface area contributed by atoms with Crippen molar-refractivity contribution in [1.82, 2.24) is 4.90 Å². The van der Waals surface area contributed by atoms with Crippen molar-refractivity contribution in [3.8, 4) is 11.5 Å². The summed E-state index contributed by atoms with van der Waals surface area (Å²) >= 11 is 0. The number of rotatable bonds is 5. The van der Waals surface area contributed by atoms with Gasteiger partial charge in [0.2, 0.25) is 5.91 Å². The number of allylic oxidation sites excluding steroid dienone is 1. The van der Waals surface area contributed by atoms with Gasteiger partial charge in [0.25, 0.3) is 0 Å². The van der Waals surface area contributed by atoms with Crippen LogP contribution in [-0.2, 0) is 20.4 Å². The van der Waals surface area contributed by atoms with Gasteiger partial charge < -0.3 is 9.64 Å². The number of halogens is 2. The summed E-state index contributed by atoms with van der Waals surface area (Å²) in [4.78, 5) is 13.5. The highest BCUT2D eigenvalue weighted by Crippen LogP contribution is 2.37. The van der Waals surface area contributed by atoms with Crippen LogP contribution >= 0.6 is 0 Å². The zero-order chi connectivity index (χ0) is 23.8. The van der Waals surface area contributed by atoms with Gasteiger partial charge >= 0.3 is 0 Å². The fourth-order valence-corrected chi connectivity index (χ4v) is 3.85. The van der Waals surface area contributed by atoms with Crippen LogP contribution in [0.1, 0.15) is 28.5 Å². The average molecular weight is 424 g/mol. The topological polar surface area (TPSA) is 63.7 Å². The molecule has 1 aliphatic heterocycles. The highest BCUT2D eigenvalue weighted by molar-refractivity contribution is 7.89. The molecule has 2 aromatic carbocycles. The summed E-state index contributed by atoms with van der Waals surface area (Å²) in [5, 5.41) is 0. The van der Waals surface area contributed by atoms with E-state index >= 15 is 0 Å². The number of benzene rings is 2. The Morgan fingerprint density at radius 1 is 1.21 bits per heavy atom. The van der Waals surface area contributed by atoms with E-state index in [2.05, 4.69) is 0 Å². The van der Waals surface area contributed by atoms with Gasteiger partial charge in [0.1, 0.15) is 11.6 Å². The summed E-state index contributed by atoms with van der Waals surface area (Å²) < 4.78 is 79.7. The van der Waals surface area contributed by atoms with Gasteiger partial charge in [-0.25, -0.2) is 17.2 Å². The van der Waals surface area contributed by atoms with E-state index in [0.29, 0.717) is 22.8 Å². The zero-order valence-electron chi connectivity index (χ0n) is 18.8. The summed E-state index contributed by atoms with van der Waals surface area (Å²) in [6.07, 6.45) is 2.37. The number of nitrogens with zero attached hydrogens (tertiary/aromatic N) is 1. The lowest BCUT2D eigenvalue weighted by molar-refractivity contribution is -0.131. The fraction of sp³-hybridized carbons (Fsp3) is 0.286. The Bertz CT molecular complexity index is 1200. The molecule has 1 heterocycles. The van der Waals surface area contributed by atoms with E-state index in [1.54, 1.807) is 0 Å². The highest BCUT2D eigenvalue weighted by atomic mass is 32.2. The number of carbonyl (C=O) groups is 1. The molecule has 0 radical (unpaired) electrons. The third-order valence-electron chi connectivity index (χ3n) is 4.35. The number of ether oxygens (including phenoxy) is 1. The van der Waals surface area contributed by atoms with Crippen molar-refractivity contribution in [1.29, 1.82) is 0 Å². The molecule has 0 bridgehead atoms. The van der Waals surface area contributed by atoms with Crippen LogP contribution in [0.25, 0.3) is 5.57 Å². The average Bonchev–Trinajstić information content (AvgIpc) is 2.65. The lowest BCUT2D eigenvalue weighted by atomic mass is 9.91. The predicted molar refractivity (Wildman–Crippen MR) is 106 cm³/mol. The van der Waals surface area contributed by atoms with Gasteiger partial charge in [-0.2, -0.15) is 0 Å². The zero-order valence-corrected chi connectivity index (χ0v) is 16.6. The Hall–Kier alpha value is -2.74. The van der Waals surface area contributed by atoms with E-state index in [4.69, 9.17) is 8.85 Å². The number of hydrogen-bond donors (Lipinski definition) is 0. The minimum atomic E-state index is -3.38. The second kappa shape index (κ2) is 7.94. The quantitative estimate of drug-likeness (QED) is 0.724. The van der Waals surface area contributed by atoms with Crippen LogP contribution in [0.15, 0.2) is 42.6 Å². The summed E-state index contributed by atoms with van der Waals surface area (Å²) in [6.45, 7) is -2.56. The minimum absolute atomic E-state index is 0.103. The van der Waals surface area contributed by atoms with Gasteiger partial charge in [-0.1, -0.05) is 12.9 Å². The largest absolute Gasteiger partial charge is 0.454 e. The van der Waals surface area contributed by atoms with Crippen molar-refractivity contribution >= 4 is 21.3 Å². The van der Waals surface area contributed by atoms with Gasteiger partial charge in [0.15, 0.2) is 21.4 Å². The van der Waals surface area contributed by atoms with Crippen molar-refractivity contribution in [2.24, 2.45) is 5.92 Å². The maximum absolute atomic E-state index is 14.2. The molecular formula is C21H21F2NO4S. The molecule has 3 rings (SSSR count). The smallest absolute Gasteiger partial charge is 0.229 e. The van der Waals surface area contributed by atoms with Crippen LogP contribution in [0.2, 0.25) is 0 Å². The first kappa shape index (κ1) is 17.1. The number of amides is 1. The van der Waals surface area contributed by atoms with Gasteiger partial charge in [0, 0.05) is 41.2 Å². The first-order valence-electron chi connectivity index (χ1n) is 10.2. The van der Waals surface area contributed by atoms with E-state index in [0.717, 1.165) is 23.3 Å². The van der Waals surface area contributed by atoms with Crippen molar-refractivity contribution < 1.29 is 30.8 Å². The number of hydrogen-bond acceptors (Lipinski definition) is 4. The normalized spacial score (nSPS) is 19.2. The molecule has 29 heavy (non-hydrogen) atoms. The van der Waals surface area contributed by atoms with E-state index in [1.165, 1.54) is 31.4 Å². The lowest BCUT2D eigenvalue weighted by Crippen LogP contribution is -2.31. The van der Waals surface area contributed by atoms with Crippen LogP contribution in [0, 0.1) is 17.6 Å². The molecule has 1 unspecified atom stereocenters. The third-order valence-corrected chi connectivity index (χ3v) is 5.21. The van der Waals surface area contributed by atoms with Gasteiger partial charge in [-0.3, -0.25) is 4.79 Å². The SMILES string of the molecule is [2H]C([2H])([2H])C1CC(c2cc(CS(C)(=O)=O)ccc2Oc2ccc(F)cc2F)=CN(C)C1=O. The Kier molecular flexibility index (Phi) is 4.70. The lowest BCUT2D eigenvalue weighted by Gasteiger charge is -2.27.